The molecule has 0 fully saturated rings. The summed E-state index contributed by atoms with van der Waals surface area (Å²) in [6.07, 6.45) is 0. The van der Waals surface area contributed by atoms with E-state index in [9.17, 15) is 0 Å². The molecule has 53 heavy (non-hydrogen) atoms. The Balaban J connectivity index is 1.26. The van der Waals surface area contributed by atoms with Gasteiger partial charge in [-0.15, -0.1) is 11.3 Å². The van der Waals surface area contributed by atoms with E-state index in [1.165, 1.54) is 58.6 Å². The van der Waals surface area contributed by atoms with E-state index in [1.807, 2.05) is 11.3 Å². The Morgan fingerprint density at radius 3 is 1.85 bits per heavy atom. The van der Waals surface area contributed by atoms with Crippen molar-refractivity contribution in [3.05, 3.63) is 188 Å². The molecular formula is C50H31NOS. The number of fused-ring (bicyclic) bond motifs is 10. The van der Waals surface area contributed by atoms with E-state index >= 15 is 0 Å². The second kappa shape index (κ2) is 11.9. The second-order valence-electron chi connectivity index (χ2n) is 13.6. The van der Waals surface area contributed by atoms with Gasteiger partial charge in [0.25, 0.3) is 0 Å². The Morgan fingerprint density at radius 1 is 0.396 bits per heavy atom. The molecule has 0 spiro atoms. The maximum atomic E-state index is 6.67. The van der Waals surface area contributed by atoms with E-state index in [1.54, 1.807) is 0 Å². The van der Waals surface area contributed by atoms with Crippen LogP contribution in [0.15, 0.2) is 192 Å². The summed E-state index contributed by atoms with van der Waals surface area (Å²) in [5, 5.41) is 9.43. The van der Waals surface area contributed by atoms with E-state index < -0.39 is 0 Å². The normalized spacial score (nSPS) is 11.8. The van der Waals surface area contributed by atoms with Gasteiger partial charge in [0.05, 0.1) is 16.1 Å². The summed E-state index contributed by atoms with van der Waals surface area (Å²) in [5.41, 5.74) is 10.1. The topological polar surface area (TPSA) is 16.4 Å². The van der Waals surface area contributed by atoms with E-state index in [0.29, 0.717) is 0 Å². The molecule has 3 heteroatoms. The molecule has 0 atom stereocenters. The highest BCUT2D eigenvalue weighted by Crippen LogP contribution is 2.51. The fourth-order valence-electron chi connectivity index (χ4n) is 8.20. The molecule has 11 aromatic rings. The number of benzene rings is 9. The number of para-hydroxylation sites is 1. The second-order valence-corrected chi connectivity index (χ2v) is 14.7. The maximum Gasteiger partial charge on any atom is 0.143 e. The van der Waals surface area contributed by atoms with Gasteiger partial charge in [-0.2, -0.15) is 0 Å². The third kappa shape index (κ3) is 4.71. The number of nitrogens with zero attached hydrogens (tertiary/aromatic N) is 1. The molecule has 2 aromatic heterocycles. The SMILES string of the molecule is c1ccc(-c2ccc(N(c3cccc4c3sc3c(-c5ccccc5)cccc34)c3cc4c5ccccc5oc4c4ccc5ccccc5c34)cc2)cc1. The third-order valence-electron chi connectivity index (χ3n) is 10.6. The van der Waals surface area contributed by atoms with Gasteiger partial charge in [0.1, 0.15) is 11.2 Å². The fraction of sp³-hybridized carbons (Fsp3) is 0. The monoisotopic (exact) mass is 693 g/mol. The van der Waals surface area contributed by atoms with Gasteiger partial charge in [-0.3, -0.25) is 0 Å². The average Bonchev–Trinajstić information content (AvgIpc) is 3.81. The number of furan rings is 1. The van der Waals surface area contributed by atoms with Gasteiger partial charge in [-0.25, -0.2) is 0 Å². The molecule has 0 N–H and O–H groups in total. The van der Waals surface area contributed by atoms with Crippen molar-refractivity contribution in [1.82, 2.24) is 0 Å². The summed E-state index contributed by atoms with van der Waals surface area (Å²) in [5.74, 6) is 0. The Kier molecular flexibility index (Phi) is 6.76. The summed E-state index contributed by atoms with van der Waals surface area (Å²) >= 11 is 1.88. The van der Waals surface area contributed by atoms with Crippen LogP contribution in [0.5, 0.6) is 0 Å². The average molecular weight is 694 g/mol. The van der Waals surface area contributed by atoms with Crippen molar-refractivity contribution in [3.63, 3.8) is 0 Å². The predicted molar refractivity (Wildman–Crippen MR) is 227 cm³/mol. The van der Waals surface area contributed by atoms with Crippen LogP contribution in [0.2, 0.25) is 0 Å². The highest BCUT2D eigenvalue weighted by Gasteiger charge is 2.24. The van der Waals surface area contributed by atoms with E-state index in [4.69, 9.17) is 4.42 Å². The lowest BCUT2D eigenvalue weighted by atomic mass is 9.96. The first-order chi connectivity index (χ1) is 26.3. The molecule has 2 nitrogen and oxygen atoms in total. The highest BCUT2D eigenvalue weighted by atomic mass is 32.1. The van der Waals surface area contributed by atoms with Gasteiger partial charge < -0.3 is 9.32 Å². The van der Waals surface area contributed by atoms with Crippen LogP contribution in [-0.4, -0.2) is 0 Å². The molecule has 9 aromatic carbocycles. The molecule has 2 heterocycles. The van der Waals surface area contributed by atoms with Gasteiger partial charge >= 0.3 is 0 Å². The van der Waals surface area contributed by atoms with Crippen molar-refractivity contribution in [2.45, 2.75) is 0 Å². The van der Waals surface area contributed by atoms with Gasteiger partial charge in [-0.05, 0) is 69.4 Å². The van der Waals surface area contributed by atoms with Gasteiger partial charge in [0.2, 0.25) is 0 Å². The summed E-state index contributed by atoms with van der Waals surface area (Å²) in [7, 11) is 0. The summed E-state index contributed by atoms with van der Waals surface area (Å²) in [6.45, 7) is 0. The first-order valence-corrected chi connectivity index (χ1v) is 18.8. The van der Waals surface area contributed by atoms with Crippen LogP contribution in [0.4, 0.5) is 17.1 Å². The molecule has 0 aliphatic carbocycles. The molecular weight excluding hydrogens is 663 g/mol. The zero-order chi connectivity index (χ0) is 34.9. The highest BCUT2D eigenvalue weighted by molar-refractivity contribution is 7.27. The first kappa shape index (κ1) is 30.0. The van der Waals surface area contributed by atoms with Crippen molar-refractivity contribution in [2.24, 2.45) is 0 Å². The van der Waals surface area contributed by atoms with Crippen LogP contribution < -0.4 is 4.90 Å². The summed E-state index contributed by atoms with van der Waals surface area (Å²) in [6, 6.07) is 67.9. The summed E-state index contributed by atoms with van der Waals surface area (Å²) in [4.78, 5) is 2.49. The quantitative estimate of drug-likeness (QED) is 0.167. The van der Waals surface area contributed by atoms with Crippen molar-refractivity contribution in [3.8, 4) is 22.3 Å². The number of hydrogen-bond acceptors (Lipinski definition) is 3. The van der Waals surface area contributed by atoms with Crippen molar-refractivity contribution < 1.29 is 4.42 Å². The van der Waals surface area contributed by atoms with Crippen molar-refractivity contribution in [1.29, 1.82) is 0 Å². The molecule has 0 aliphatic heterocycles. The zero-order valence-corrected chi connectivity index (χ0v) is 29.5. The molecule has 11 rings (SSSR count). The molecule has 0 radical (unpaired) electrons. The number of hydrogen-bond donors (Lipinski definition) is 0. The van der Waals surface area contributed by atoms with E-state index in [2.05, 4.69) is 193 Å². The zero-order valence-electron chi connectivity index (χ0n) is 28.7. The Hall–Kier alpha value is -6.68. The third-order valence-corrected chi connectivity index (χ3v) is 11.9. The van der Waals surface area contributed by atoms with Crippen LogP contribution in [0, 0.1) is 0 Å². The first-order valence-electron chi connectivity index (χ1n) is 18.0. The Morgan fingerprint density at radius 2 is 1.04 bits per heavy atom. The minimum Gasteiger partial charge on any atom is -0.455 e. The number of rotatable bonds is 5. The maximum absolute atomic E-state index is 6.67. The molecule has 0 saturated carbocycles. The lowest BCUT2D eigenvalue weighted by Gasteiger charge is -2.28. The summed E-state index contributed by atoms with van der Waals surface area (Å²) < 4.78 is 9.23. The molecule has 0 unspecified atom stereocenters. The lowest BCUT2D eigenvalue weighted by molar-refractivity contribution is 0.672. The van der Waals surface area contributed by atoms with Gasteiger partial charge in [-0.1, -0.05) is 152 Å². The van der Waals surface area contributed by atoms with Crippen LogP contribution >= 0.6 is 11.3 Å². The number of anilines is 3. The predicted octanol–water partition coefficient (Wildman–Crippen LogP) is 15.1. The number of thiophene rings is 1. The molecule has 0 aliphatic rings. The Bertz CT molecular complexity index is 3160. The largest absolute Gasteiger partial charge is 0.455 e. The van der Waals surface area contributed by atoms with Gasteiger partial charge in [0, 0.05) is 42.7 Å². The lowest BCUT2D eigenvalue weighted by Crippen LogP contribution is -2.11. The molecule has 0 saturated heterocycles. The van der Waals surface area contributed by atoms with Crippen LogP contribution in [-0.2, 0) is 0 Å². The molecule has 0 amide bonds. The molecule has 248 valence electrons. The standard InChI is InChI=1S/C50H31NOS/c1-3-13-32(14-4-1)33-25-28-36(29-26-33)51(44-23-12-22-41-40-21-11-20-38(49(40)53-50(41)44)34-15-5-2-6-16-34)45-31-43-39-19-9-10-24-46(39)52-48(43)42-30-27-35-17-7-8-18-37(35)47(42)45/h1-31H. The minimum atomic E-state index is 0.896. The van der Waals surface area contributed by atoms with Crippen molar-refractivity contribution in [2.75, 3.05) is 4.90 Å². The van der Waals surface area contributed by atoms with E-state index in [0.717, 1.165) is 44.4 Å². The minimum absolute atomic E-state index is 0.896. The van der Waals surface area contributed by atoms with E-state index in [-0.39, 0.29) is 0 Å². The fourth-order valence-corrected chi connectivity index (χ4v) is 9.54. The van der Waals surface area contributed by atoms with Crippen LogP contribution in [0.1, 0.15) is 0 Å². The van der Waals surface area contributed by atoms with Crippen LogP contribution in [0.25, 0.3) is 85.9 Å². The van der Waals surface area contributed by atoms with Crippen LogP contribution in [0.3, 0.4) is 0 Å². The van der Waals surface area contributed by atoms with Crippen molar-refractivity contribution >= 4 is 92.1 Å². The smallest absolute Gasteiger partial charge is 0.143 e. The molecule has 0 bridgehead atoms. The Labute approximate surface area is 310 Å². The van der Waals surface area contributed by atoms with Gasteiger partial charge in [0.15, 0.2) is 0 Å².